The van der Waals surface area contributed by atoms with Crippen molar-refractivity contribution in [1.29, 1.82) is 0 Å². The summed E-state index contributed by atoms with van der Waals surface area (Å²) in [5, 5.41) is 3.18. The lowest BCUT2D eigenvalue weighted by Gasteiger charge is -2.31. The lowest BCUT2D eigenvalue weighted by atomic mass is 9.92. The molecule has 1 aromatic carbocycles. The fourth-order valence-corrected chi connectivity index (χ4v) is 4.92. The Labute approximate surface area is 174 Å². The van der Waals surface area contributed by atoms with Crippen LogP contribution in [0.3, 0.4) is 0 Å². The van der Waals surface area contributed by atoms with Crippen molar-refractivity contribution in [1.82, 2.24) is 25.1 Å². The number of hydrogen-bond acceptors (Lipinski definition) is 4. The van der Waals surface area contributed by atoms with E-state index in [0.29, 0.717) is 18.4 Å². The molecule has 2 aliphatic rings. The van der Waals surface area contributed by atoms with Crippen LogP contribution in [0.4, 0.5) is 0 Å². The number of aromatic amines is 1. The quantitative estimate of drug-likeness (QED) is 0.718. The summed E-state index contributed by atoms with van der Waals surface area (Å²) in [6, 6.07) is 8.75. The van der Waals surface area contributed by atoms with Gasteiger partial charge < -0.3 is 10.3 Å². The normalized spacial score (nSPS) is 21.8. The molecule has 0 aliphatic carbocycles. The van der Waals surface area contributed by atoms with Crippen molar-refractivity contribution in [3.05, 3.63) is 30.1 Å². The Balaban J connectivity index is 1.14. The van der Waals surface area contributed by atoms with E-state index in [2.05, 4.69) is 39.2 Å². The average Bonchev–Trinajstić information content (AvgIpc) is 3.37. The van der Waals surface area contributed by atoms with Crippen molar-refractivity contribution in [2.24, 2.45) is 5.92 Å². The molecule has 4 rings (SSSR count). The van der Waals surface area contributed by atoms with Crippen molar-refractivity contribution in [3.63, 3.8) is 0 Å². The van der Waals surface area contributed by atoms with Crippen LogP contribution in [0.2, 0.25) is 0 Å². The summed E-state index contributed by atoms with van der Waals surface area (Å²) < 4.78 is 0. The number of rotatable bonds is 8. The predicted molar refractivity (Wildman–Crippen MR) is 117 cm³/mol. The van der Waals surface area contributed by atoms with Crippen molar-refractivity contribution < 1.29 is 4.79 Å². The number of imidazole rings is 1. The van der Waals surface area contributed by atoms with E-state index < -0.39 is 0 Å². The van der Waals surface area contributed by atoms with Crippen molar-refractivity contribution in [2.75, 3.05) is 32.7 Å². The summed E-state index contributed by atoms with van der Waals surface area (Å²) in [6.45, 7) is 8.38. The molecule has 1 atom stereocenters. The zero-order valence-corrected chi connectivity index (χ0v) is 17.7. The molecule has 2 aromatic rings. The second-order valence-electron chi connectivity index (χ2n) is 8.69. The highest BCUT2D eigenvalue weighted by Crippen LogP contribution is 2.23. The summed E-state index contributed by atoms with van der Waals surface area (Å²) in [4.78, 5) is 25.4. The maximum atomic E-state index is 12.3. The molecule has 2 aliphatic heterocycles. The minimum Gasteiger partial charge on any atom is -0.355 e. The third-order valence-corrected chi connectivity index (χ3v) is 6.74. The number of H-pyrrole nitrogens is 1. The number of aromatic nitrogens is 2. The Kier molecular flexibility index (Phi) is 6.82. The van der Waals surface area contributed by atoms with Crippen LogP contribution in [0.25, 0.3) is 11.0 Å². The number of fused-ring (bicyclic) bond motifs is 1. The van der Waals surface area contributed by atoms with Crippen LogP contribution in [0, 0.1) is 5.92 Å². The zero-order valence-electron chi connectivity index (χ0n) is 17.7. The highest BCUT2D eigenvalue weighted by atomic mass is 16.1. The number of amides is 1. The van der Waals surface area contributed by atoms with Crippen LogP contribution in [-0.2, 0) is 11.3 Å². The van der Waals surface area contributed by atoms with E-state index in [1.165, 1.54) is 32.2 Å². The van der Waals surface area contributed by atoms with Gasteiger partial charge in [0.2, 0.25) is 5.91 Å². The number of nitrogens with one attached hydrogen (secondary N) is 2. The SMILES string of the molecule is CCN1CCCC1CNC(=O)CCC1CCN(Cc2nc3ccccc3[nH]2)CC1. The van der Waals surface area contributed by atoms with Gasteiger partial charge in [-0.15, -0.1) is 0 Å². The van der Waals surface area contributed by atoms with Crippen LogP contribution >= 0.6 is 0 Å². The van der Waals surface area contributed by atoms with Crippen LogP contribution in [0.5, 0.6) is 0 Å². The molecule has 2 fully saturated rings. The summed E-state index contributed by atoms with van der Waals surface area (Å²) in [5.41, 5.74) is 2.16. The standard InChI is InChI=1S/C23H35N5O/c1-2-28-13-5-6-19(28)16-24-23(29)10-9-18-11-14-27(15-12-18)17-22-25-20-7-3-4-8-21(20)26-22/h3-4,7-8,18-19H,2,5-6,9-17H2,1H3,(H,24,29)(H,25,26). The minimum absolute atomic E-state index is 0.234. The number of carbonyl (C=O) groups is 1. The number of para-hydroxylation sites is 2. The van der Waals surface area contributed by atoms with Crippen molar-refractivity contribution in [2.45, 2.75) is 58.0 Å². The molecule has 0 spiro atoms. The van der Waals surface area contributed by atoms with E-state index >= 15 is 0 Å². The Bertz CT molecular complexity index is 762. The van der Waals surface area contributed by atoms with Gasteiger partial charge >= 0.3 is 0 Å². The third kappa shape index (κ3) is 5.37. The van der Waals surface area contributed by atoms with Crippen LogP contribution in [0.15, 0.2) is 24.3 Å². The van der Waals surface area contributed by atoms with Gasteiger partial charge in [0.1, 0.15) is 5.82 Å². The van der Waals surface area contributed by atoms with Gasteiger partial charge in [-0.05, 0) is 76.3 Å². The summed E-state index contributed by atoms with van der Waals surface area (Å²) >= 11 is 0. The molecular weight excluding hydrogens is 362 g/mol. The molecule has 0 saturated carbocycles. The topological polar surface area (TPSA) is 64.3 Å². The maximum Gasteiger partial charge on any atom is 0.220 e. The van der Waals surface area contributed by atoms with Gasteiger partial charge in [-0.1, -0.05) is 19.1 Å². The van der Waals surface area contributed by atoms with Crippen molar-refractivity contribution >= 4 is 16.9 Å². The Morgan fingerprint density at radius 2 is 2.03 bits per heavy atom. The van der Waals surface area contributed by atoms with Crippen LogP contribution < -0.4 is 5.32 Å². The van der Waals surface area contributed by atoms with E-state index in [0.717, 1.165) is 56.0 Å². The molecule has 1 unspecified atom stereocenters. The minimum atomic E-state index is 0.234. The number of benzene rings is 1. The van der Waals surface area contributed by atoms with Gasteiger partial charge in [0, 0.05) is 19.0 Å². The fourth-order valence-electron chi connectivity index (χ4n) is 4.92. The predicted octanol–water partition coefficient (Wildman–Crippen LogP) is 3.16. The number of hydrogen-bond donors (Lipinski definition) is 2. The molecule has 0 radical (unpaired) electrons. The van der Waals surface area contributed by atoms with E-state index in [9.17, 15) is 4.79 Å². The molecule has 0 bridgehead atoms. The first-order valence-corrected chi connectivity index (χ1v) is 11.4. The third-order valence-electron chi connectivity index (χ3n) is 6.74. The summed E-state index contributed by atoms with van der Waals surface area (Å²) in [6.07, 6.45) is 6.54. The van der Waals surface area contributed by atoms with Gasteiger partial charge in [-0.25, -0.2) is 4.98 Å². The number of carbonyl (C=O) groups excluding carboxylic acids is 1. The summed E-state index contributed by atoms with van der Waals surface area (Å²) in [7, 11) is 0. The van der Waals surface area contributed by atoms with Gasteiger partial charge in [0.05, 0.1) is 17.6 Å². The van der Waals surface area contributed by atoms with E-state index in [-0.39, 0.29) is 5.91 Å². The lowest BCUT2D eigenvalue weighted by Crippen LogP contribution is -2.40. The zero-order chi connectivity index (χ0) is 20.1. The molecule has 1 aromatic heterocycles. The second-order valence-corrected chi connectivity index (χ2v) is 8.69. The lowest BCUT2D eigenvalue weighted by molar-refractivity contribution is -0.121. The first-order valence-electron chi connectivity index (χ1n) is 11.4. The van der Waals surface area contributed by atoms with E-state index in [1.807, 2.05) is 12.1 Å². The molecule has 1 amide bonds. The van der Waals surface area contributed by atoms with Gasteiger partial charge in [-0.3, -0.25) is 14.6 Å². The molecule has 6 heteroatoms. The van der Waals surface area contributed by atoms with E-state index in [1.54, 1.807) is 0 Å². The molecule has 29 heavy (non-hydrogen) atoms. The monoisotopic (exact) mass is 397 g/mol. The summed E-state index contributed by atoms with van der Waals surface area (Å²) in [5.74, 6) is 1.96. The number of likely N-dealkylation sites (tertiary alicyclic amines) is 2. The fraction of sp³-hybridized carbons (Fsp3) is 0.652. The highest BCUT2D eigenvalue weighted by molar-refractivity contribution is 5.76. The molecule has 6 nitrogen and oxygen atoms in total. The second kappa shape index (κ2) is 9.72. The van der Waals surface area contributed by atoms with Gasteiger partial charge in [0.25, 0.3) is 0 Å². The number of likely N-dealkylation sites (N-methyl/N-ethyl adjacent to an activating group) is 1. The Morgan fingerprint density at radius 1 is 1.21 bits per heavy atom. The average molecular weight is 398 g/mol. The first-order chi connectivity index (χ1) is 14.2. The van der Waals surface area contributed by atoms with Crippen molar-refractivity contribution in [3.8, 4) is 0 Å². The maximum absolute atomic E-state index is 12.3. The van der Waals surface area contributed by atoms with Gasteiger partial charge in [-0.2, -0.15) is 0 Å². The Morgan fingerprint density at radius 3 is 2.83 bits per heavy atom. The molecule has 2 N–H and O–H groups in total. The highest BCUT2D eigenvalue weighted by Gasteiger charge is 2.24. The molecule has 2 saturated heterocycles. The van der Waals surface area contributed by atoms with Crippen LogP contribution in [-0.4, -0.2) is 64.4 Å². The molecule has 158 valence electrons. The molecule has 3 heterocycles. The number of nitrogens with zero attached hydrogens (tertiary/aromatic N) is 3. The Hall–Kier alpha value is -1.92. The van der Waals surface area contributed by atoms with Crippen LogP contribution in [0.1, 0.15) is 51.3 Å². The first kappa shape index (κ1) is 20.4. The van der Waals surface area contributed by atoms with E-state index in [4.69, 9.17) is 4.98 Å². The van der Waals surface area contributed by atoms with Gasteiger partial charge in [0.15, 0.2) is 0 Å². The smallest absolute Gasteiger partial charge is 0.220 e. The largest absolute Gasteiger partial charge is 0.355 e. The number of piperidine rings is 1. The molecular formula is C23H35N5O.